The number of nitrogens with two attached hydrogens (primary N) is 1. The molecule has 0 radical (unpaired) electrons. The van der Waals surface area contributed by atoms with E-state index in [0.29, 0.717) is 24.9 Å². The maximum atomic E-state index is 13.5. The van der Waals surface area contributed by atoms with Crippen LogP contribution in [0.2, 0.25) is 0 Å². The maximum Gasteiger partial charge on any atom is 0.219 e. The quantitative estimate of drug-likeness (QED) is 0.462. The van der Waals surface area contributed by atoms with Crippen LogP contribution in [0.4, 0.5) is 4.39 Å². The first-order valence-electron chi connectivity index (χ1n) is 16.5. The van der Waals surface area contributed by atoms with Gasteiger partial charge in [-0.2, -0.15) is 0 Å². The number of amides is 1. The van der Waals surface area contributed by atoms with E-state index < -0.39 is 11.6 Å². The zero-order valence-electron chi connectivity index (χ0n) is 26.1. The number of fused-ring (bicyclic) bond motifs is 4. The van der Waals surface area contributed by atoms with Gasteiger partial charge in [0.15, 0.2) is 0 Å². The van der Waals surface area contributed by atoms with Crippen molar-refractivity contribution in [1.82, 2.24) is 4.90 Å². The predicted octanol–water partition coefficient (Wildman–Crippen LogP) is 5.04. The van der Waals surface area contributed by atoms with Crippen molar-refractivity contribution in [3.8, 4) is 0 Å². The molecule has 1 saturated heterocycles. The van der Waals surface area contributed by atoms with Gasteiger partial charge >= 0.3 is 0 Å². The van der Waals surface area contributed by atoms with E-state index >= 15 is 0 Å². The van der Waals surface area contributed by atoms with Gasteiger partial charge in [-0.3, -0.25) is 4.79 Å². The minimum absolute atomic E-state index is 0.0427. The molecule has 12 unspecified atom stereocenters. The fourth-order valence-corrected chi connectivity index (χ4v) is 12.5. The molecule has 0 aromatic heterocycles. The topological polar surface area (TPSA) is 96.0 Å². The van der Waals surface area contributed by atoms with Gasteiger partial charge in [-0.25, -0.2) is 4.39 Å². The van der Waals surface area contributed by atoms with Crippen molar-refractivity contribution < 1.29 is 24.1 Å². The second kappa shape index (κ2) is 9.24. The second-order valence-corrected chi connectivity index (χ2v) is 16.3. The van der Waals surface area contributed by atoms with Crippen molar-refractivity contribution in [3.63, 3.8) is 0 Å². The van der Waals surface area contributed by atoms with E-state index in [0.717, 1.165) is 50.5 Å². The monoisotopic (exact) mass is 582 g/mol. The molecule has 1 aliphatic heterocycles. The van der Waals surface area contributed by atoms with Gasteiger partial charge in [0, 0.05) is 20.0 Å². The van der Waals surface area contributed by atoms with Crippen LogP contribution in [0.1, 0.15) is 91.5 Å². The standard InChI is InChI=1S/C35H51FN2O4/c1-20-16-24(18-38(21(2)39)17-22-6-8-23(36)9-7-22)42-29-28(20)32(5)14-15-34-19-33(34)13-12-27(40)31(3,4)25(33)10-11-26(34)35(32,37)30(29)41/h6-9,20,24-30,40-41H,10-19,37H2,1-5H3. The van der Waals surface area contributed by atoms with Crippen molar-refractivity contribution in [3.05, 3.63) is 35.6 Å². The van der Waals surface area contributed by atoms with E-state index in [1.807, 2.05) is 0 Å². The van der Waals surface area contributed by atoms with Crippen LogP contribution in [0.5, 0.6) is 0 Å². The van der Waals surface area contributed by atoms with Gasteiger partial charge in [-0.1, -0.05) is 39.8 Å². The van der Waals surface area contributed by atoms with E-state index in [1.54, 1.807) is 24.0 Å². The van der Waals surface area contributed by atoms with Crippen molar-refractivity contribution in [2.75, 3.05) is 6.54 Å². The summed E-state index contributed by atoms with van der Waals surface area (Å²) < 4.78 is 20.3. The first-order valence-corrected chi connectivity index (χ1v) is 16.5. The summed E-state index contributed by atoms with van der Waals surface area (Å²) in [4.78, 5) is 14.4. The smallest absolute Gasteiger partial charge is 0.219 e. The number of hydrogen-bond acceptors (Lipinski definition) is 5. The van der Waals surface area contributed by atoms with Crippen LogP contribution in [0.15, 0.2) is 24.3 Å². The van der Waals surface area contributed by atoms with E-state index in [1.165, 1.54) is 18.6 Å². The molecule has 7 rings (SSSR count). The minimum atomic E-state index is -0.751. The normalized spacial score (nSPS) is 50.0. The summed E-state index contributed by atoms with van der Waals surface area (Å²) in [7, 11) is 0. The lowest BCUT2D eigenvalue weighted by atomic mass is 9.43. The van der Waals surface area contributed by atoms with Gasteiger partial charge in [0.1, 0.15) is 5.82 Å². The molecule has 12 atom stereocenters. The third kappa shape index (κ3) is 3.60. The van der Waals surface area contributed by atoms with Crippen LogP contribution in [0, 0.1) is 51.1 Å². The van der Waals surface area contributed by atoms with Gasteiger partial charge in [0.2, 0.25) is 5.91 Å². The molecule has 232 valence electrons. The number of benzene rings is 1. The van der Waals surface area contributed by atoms with Crippen molar-refractivity contribution in [2.45, 2.75) is 122 Å². The second-order valence-electron chi connectivity index (χ2n) is 16.3. The first-order chi connectivity index (χ1) is 19.7. The largest absolute Gasteiger partial charge is 0.393 e. The summed E-state index contributed by atoms with van der Waals surface area (Å²) in [5.41, 5.74) is 7.96. The molecule has 6 aliphatic rings. The Hall–Kier alpha value is -1.54. The summed E-state index contributed by atoms with van der Waals surface area (Å²) in [6.07, 6.45) is 6.69. The zero-order chi connectivity index (χ0) is 30.0. The number of nitrogens with zero attached hydrogens (tertiary/aromatic N) is 1. The summed E-state index contributed by atoms with van der Waals surface area (Å²) in [5.74, 6) is 0.914. The SMILES string of the molecule is CC(=O)N(Cc1ccc(F)cc1)CC1CC(C)C2C(O1)C(O)C1(N)C3CCC4C(C)(C)C(O)CCC45CC35CCC21C. The van der Waals surface area contributed by atoms with Crippen LogP contribution in [0.3, 0.4) is 0 Å². The Balaban J connectivity index is 1.15. The average molecular weight is 583 g/mol. The molecular formula is C35H51FN2O4. The summed E-state index contributed by atoms with van der Waals surface area (Å²) in [6.45, 7) is 11.6. The Morgan fingerprint density at radius 3 is 2.40 bits per heavy atom. The molecule has 7 heteroatoms. The molecule has 6 fully saturated rings. The number of aliphatic hydroxyl groups excluding tert-OH is 2. The molecule has 1 aromatic rings. The average Bonchev–Trinajstić information content (AvgIpc) is 3.57. The Labute approximate surface area is 250 Å². The van der Waals surface area contributed by atoms with Crippen LogP contribution < -0.4 is 5.73 Å². The molecule has 42 heavy (non-hydrogen) atoms. The third-order valence-corrected chi connectivity index (χ3v) is 14.5. The molecular weight excluding hydrogens is 531 g/mol. The highest BCUT2D eigenvalue weighted by molar-refractivity contribution is 5.73. The number of carbonyl (C=O) groups excluding carboxylic acids is 1. The molecule has 5 aliphatic carbocycles. The highest BCUT2D eigenvalue weighted by atomic mass is 19.1. The fraction of sp³-hybridized carbons (Fsp3) is 0.800. The van der Waals surface area contributed by atoms with Crippen LogP contribution in [-0.4, -0.2) is 57.5 Å². The molecule has 5 saturated carbocycles. The van der Waals surface area contributed by atoms with Crippen LogP contribution in [-0.2, 0) is 16.1 Å². The van der Waals surface area contributed by atoms with Crippen molar-refractivity contribution >= 4 is 5.91 Å². The van der Waals surface area contributed by atoms with E-state index in [4.69, 9.17) is 10.5 Å². The van der Waals surface area contributed by atoms with Gasteiger partial charge in [0.25, 0.3) is 0 Å². The van der Waals surface area contributed by atoms with E-state index in [9.17, 15) is 19.4 Å². The Kier molecular flexibility index (Phi) is 6.42. The van der Waals surface area contributed by atoms with Gasteiger partial charge in [-0.05, 0) is 114 Å². The minimum Gasteiger partial charge on any atom is -0.393 e. The van der Waals surface area contributed by atoms with Gasteiger partial charge < -0.3 is 25.6 Å². The number of rotatable bonds is 4. The Bertz CT molecular complexity index is 1260. The van der Waals surface area contributed by atoms with Crippen LogP contribution >= 0.6 is 0 Å². The number of carbonyl (C=O) groups is 1. The lowest BCUT2D eigenvalue weighted by Crippen LogP contribution is -2.70. The fourth-order valence-electron chi connectivity index (χ4n) is 12.5. The first kappa shape index (κ1) is 29.2. The van der Waals surface area contributed by atoms with Crippen LogP contribution in [0.25, 0.3) is 0 Å². The molecule has 6 nitrogen and oxygen atoms in total. The highest BCUT2D eigenvalue weighted by Crippen LogP contribution is 2.87. The number of halogens is 1. The summed E-state index contributed by atoms with van der Waals surface area (Å²) in [6, 6.07) is 6.30. The molecule has 4 N–H and O–H groups in total. The number of ether oxygens (including phenoxy) is 1. The van der Waals surface area contributed by atoms with Gasteiger partial charge in [-0.15, -0.1) is 0 Å². The highest BCUT2D eigenvalue weighted by Gasteiger charge is 2.85. The molecule has 2 spiro atoms. The summed E-state index contributed by atoms with van der Waals surface area (Å²) >= 11 is 0. The lowest BCUT2D eigenvalue weighted by Gasteiger charge is -2.63. The third-order valence-electron chi connectivity index (χ3n) is 14.5. The lowest BCUT2D eigenvalue weighted by molar-refractivity contribution is -0.154. The predicted molar refractivity (Wildman–Crippen MR) is 158 cm³/mol. The number of hydrogen-bond donors (Lipinski definition) is 3. The molecule has 1 heterocycles. The van der Waals surface area contributed by atoms with Crippen molar-refractivity contribution in [2.24, 2.45) is 51.1 Å². The van der Waals surface area contributed by atoms with Crippen molar-refractivity contribution in [1.29, 1.82) is 0 Å². The molecule has 0 bridgehead atoms. The van der Waals surface area contributed by atoms with E-state index in [-0.39, 0.29) is 63.5 Å². The summed E-state index contributed by atoms with van der Waals surface area (Å²) in [5, 5.41) is 23.2. The maximum absolute atomic E-state index is 13.5. The van der Waals surface area contributed by atoms with E-state index in [2.05, 4.69) is 27.7 Å². The number of aliphatic hydroxyl groups is 2. The zero-order valence-corrected chi connectivity index (χ0v) is 26.1. The Morgan fingerprint density at radius 1 is 1.05 bits per heavy atom. The molecule has 1 amide bonds. The van der Waals surface area contributed by atoms with Gasteiger partial charge in [0.05, 0.1) is 30.0 Å². The Morgan fingerprint density at radius 2 is 1.71 bits per heavy atom. The molecule has 1 aromatic carbocycles.